The summed E-state index contributed by atoms with van der Waals surface area (Å²) in [5.41, 5.74) is 0.325. The molecule has 0 fully saturated rings. The third kappa shape index (κ3) is 5.56. The molecule has 0 radical (unpaired) electrons. The van der Waals surface area contributed by atoms with E-state index in [2.05, 4.69) is 10.6 Å². The standard InChI is InChI=1S/C17H16ClF3N2O2/c1-25-15-7-6-13(10-14(15)18)23-16(24)8-9-22-12-4-2-11(3-5-12)17(19,20)21/h2-7,10,22H,8-9H2,1H3,(H,23,24). The highest BCUT2D eigenvalue weighted by Gasteiger charge is 2.29. The predicted octanol–water partition coefficient (Wildman–Crippen LogP) is 4.81. The fourth-order valence-corrected chi connectivity index (χ4v) is 2.32. The number of anilines is 2. The van der Waals surface area contributed by atoms with Crippen molar-refractivity contribution in [1.82, 2.24) is 0 Å². The van der Waals surface area contributed by atoms with Crippen molar-refractivity contribution in [1.29, 1.82) is 0 Å². The van der Waals surface area contributed by atoms with Crippen LogP contribution < -0.4 is 15.4 Å². The Morgan fingerprint density at radius 2 is 1.76 bits per heavy atom. The van der Waals surface area contributed by atoms with Gasteiger partial charge in [0, 0.05) is 24.3 Å². The minimum absolute atomic E-state index is 0.144. The van der Waals surface area contributed by atoms with Gasteiger partial charge in [-0.1, -0.05) is 11.6 Å². The number of alkyl halides is 3. The second kappa shape index (κ2) is 8.11. The maximum Gasteiger partial charge on any atom is 0.416 e. The molecule has 0 saturated heterocycles. The van der Waals surface area contributed by atoms with Gasteiger partial charge in [-0.3, -0.25) is 4.79 Å². The van der Waals surface area contributed by atoms with Crippen LogP contribution >= 0.6 is 11.6 Å². The molecule has 2 N–H and O–H groups in total. The molecular formula is C17H16ClF3N2O2. The molecule has 4 nitrogen and oxygen atoms in total. The number of halogens is 4. The summed E-state index contributed by atoms with van der Waals surface area (Å²) in [5, 5.41) is 5.95. The topological polar surface area (TPSA) is 50.4 Å². The number of methoxy groups -OCH3 is 1. The largest absolute Gasteiger partial charge is 0.495 e. The van der Waals surface area contributed by atoms with Gasteiger partial charge in [-0.25, -0.2) is 0 Å². The predicted molar refractivity (Wildman–Crippen MR) is 91.2 cm³/mol. The number of benzene rings is 2. The minimum Gasteiger partial charge on any atom is -0.495 e. The number of carbonyl (C=O) groups excluding carboxylic acids is 1. The molecule has 0 saturated carbocycles. The van der Waals surface area contributed by atoms with E-state index in [0.717, 1.165) is 12.1 Å². The Balaban J connectivity index is 1.81. The molecule has 0 aliphatic rings. The molecule has 8 heteroatoms. The van der Waals surface area contributed by atoms with Crippen LogP contribution in [0.1, 0.15) is 12.0 Å². The van der Waals surface area contributed by atoms with E-state index in [0.29, 0.717) is 22.1 Å². The van der Waals surface area contributed by atoms with Gasteiger partial charge < -0.3 is 15.4 Å². The molecule has 0 unspecified atom stereocenters. The lowest BCUT2D eigenvalue weighted by atomic mass is 10.2. The first-order valence-electron chi connectivity index (χ1n) is 7.34. The molecule has 0 atom stereocenters. The summed E-state index contributed by atoms with van der Waals surface area (Å²) < 4.78 is 42.4. The van der Waals surface area contributed by atoms with Crippen LogP contribution in [0.3, 0.4) is 0 Å². The quantitative estimate of drug-likeness (QED) is 0.765. The van der Waals surface area contributed by atoms with Crippen molar-refractivity contribution in [3.05, 3.63) is 53.1 Å². The van der Waals surface area contributed by atoms with Crippen molar-refractivity contribution in [2.24, 2.45) is 0 Å². The summed E-state index contributed by atoms with van der Waals surface area (Å²) in [6, 6.07) is 9.49. The Morgan fingerprint density at radius 3 is 2.32 bits per heavy atom. The van der Waals surface area contributed by atoms with Gasteiger partial charge in [0.05, 0.1) is 17.7 Å². The fourth-order valence-electron chi connectivity index (χ4n) is 2.07. The molecule has 1 amide bonds. The van der Waals surface area contributed by atoms with Gasteiger partial charge in [0.25, 0.3) is 0 Å². The maximum absolute atomic E-state index is 12.5. The first-order valence-corrected chi connectivity index (χ1v) is 7.72. The maximum atomic E-state index is 12.5. The number of ether oxygens (including phenoxy) is 1. The number of hydrogen-bond donors (Lipinski definition) is 2. The van der Waals surface area contributed by atoms with E-state index in [4.69, 9.17) is 16.3 Å². The molecule has 2 rings (SSSR count). The summed E-state index contributed by atoms with van der Waals surface area (Å²) >= 11 is 5.97. The van der Waals surface area contributed by atoms with Gasteiger partial charge in [-0.15, -0.1) is 0 Å². The first-order chi connectivity index (χ1) is 11.8. The summed E-state index contributed by atoms with van der Waals surface area (Å²) in [7, 11) is 1.49. The van der Waals surface area contributed by atoms with Crippen molar-refractivity contribution in [2.45, 2.75) is 12.6 Å². The van der Waals surface area contributed by atoms with Crippen LogP contribution in [0.5, 0.6) is 5.75 Å². The first kappa shape index (κ1) is 18.9. The second-order valence-corrected chi connectivity index (χ2v) is 5.56. The molecule has 0 aromatic heterocycles. The van der Waals surface area contributed by atoms with E-state index in [-0.39, 0.29) is 18.9 Å². The van der Waals surface area contributed by atoms with Crippen LogP contribution in [0.15, 0.2) is 42.5 Å². The second-order valence-electron chi connectivity index (χ2n) is 5.15. The number of nitrogens with one attached hydrogen (secondary N) is 2. The van der Waals surface area contributed by atoms with Crippen LogP contribution in [-0.4, -0.2) is 19.6 Å². The summed E-state index contributed by atoms with van der Waals surface area (Å²) in [5.74, 6) is 0.254. The van der Waals surface area contributed by atoms with Crippen LogP contribution in [0.25, 0.3) is 0 Å². The lowest BCUT2D eigenvalue weighted by molar-refractivity contribution is -0.137. The van der Waals surface area contributed by atoms with Gasteiger partial charge in [-0.2, -0.15) is 13.2 Å². The number of amides is 1. The summed E-state index contributed by atoms with van der Waals surface area (Å²) in [4.78, 5) is 11.9. The zero-order valence-electron chi connectivity index (χ0n) is 13.3. The average molecular weight is 373 g/mol. The lowest BCUT2D eigenvalue weighted by Crippen LogP contribution is -2.16. The van der Waals surface area contributed by atoms with E-state index < -0.39 is 11.7 Å². The Hall–Kier alpha value is -2.41. The van der Waals surface area contributed by atoms with Crippen molar-refractivity contribution in [3.63, 3.8) is 0 Å². The van der Waals surface area contributed by atoms with Crippen molar-refractivity contribution < 1.29 is 22.7 Å². The van der Waals surface area contributed by atoms with E-state index in [9.17, 15) is 18.0 Å². The Kier molecular flexibility index (Phi) is 6.14. The number of rotatable bonds is 6. The van der Waals surface area contributed by atoms with Gasteiger partial charge in [0.1, 0.15) is 5.75 Å². The molecule has 0 aliphatic heterocycles. The highest BCUT2D eigenvalue weighted by Crippen LogP contribution is 2.30. The molecule has 0 aliphatic carbocycles. The van der Waals surface area contributed by atoms with E-state index in [1.807, 2.05) is 0 Å². The Morgan fingerprint density at radius 1 is 1.12 bits per heavy atom. The molecule has 0 spiro atoms. The molecule has 0 bridgehead atoms. The van der Waals surface area contributed by atoms with Crippen LogP contribution in [-0.2, 0) is 11.0 Å². The summed E-state index contributed by atoms with van der Waals surface area (Å²) in [6.45, 7) is 0.279. The molecule has 0 heterocycles. The summed E-state index contributed by atoms with van der Waals surface area (Å²) in [6.07, 6.45) is -4.22. The number of carbonyl (C=O) groups is 1. The van der Waals surface area contributed by atoms with Crippen molar-refractivity contribution in [2.75, 3.05) is 24.3 Å². The molecule has 25 heavy (non-hydrogen) atoms. The SMILES string of the molecule is COc1ccc(NC(=O)CCNc2ccc(C(F)(F)F)cc2)cc1Cl. The van der Waals surface area contributed by atoms with E-state index in [1.165, 1.54) is 19.2 Å². The molecule has 134 valence electrons. The smallest absolute Gasteiger partial charge is 0.416 e. The van der Waals surface area contributed by atoms with Gasteiger partial charge in [-0.05, 0) is 42.5 Å². The van der Waals surface area contributed by atoms with Crippen LogP contribution in [0, 0.1) is 0 Å². The fraction of sp³-hybridized carbons (Fsp3) is 0.235. The minimum atomic E-state index is -4.36. The molecular weight excluding hydrogens is 357 g/mol. The Labute approximate surface area is 147 Å². The average Bonchev–Trinajstić information content (AvgIpc) is 2.54. The third-order valence-electron chi connectivity index (χ3n) is 3.33. The zero-order valence-corrected chi connectivity index (χ0v) is 14.0. The van der Waals surface area contributed by atoms with Gasteiger partial charge in [0.2, 0.25) is 5.91 Å². The van der Waals surface area contributed by atoms with Crippen molar-refractivity contribution in [3.8, 4) is 5.75 Å². The molecule has 2 aromatic carbocycles. The number of hydrogen-bond acceptors (Lipinski definition) is 3. The van der Waals surface area contributed by atoms with Crippen LogP contribution in [0.4, 0.5) is 24.5 Å². The lowest BCUT2D eigenvalue weighted by Gasteiger charge is -2.10. The van der Waals surface area contributed by atoms with Crippen molar-refractivity contribution >= 4 is 28.9 Å². The normalized spacial score (nSPS) is 11.1. The van der Waals surface area contributed by atoms with Gasteiger partial charge >= 0.3 is 6.18 Å². The third-order valence-corrected chi connectivity index (χ3v) is 3.62. The monoisotopic (exact) mass is 372 g/mol. The van der Waals surface area contributed by atoms with Gasteiger partial charge in [0.15, 0.2) is 0 Å². The van der Waals surface area contributed by atoms with E-state index in [1.54, 1.807) is 18.2 Å². The van der Waals surface area contributed by atoms with E-state index >= 15 is 0 Å². The highest BCUT2D eigenvalue weighted by molar-refractivity contribution is 6.32. The van der Waals surface area contributed by atoms with Crippen LogP contribution in [0.2, 0.25) is 5.02 Å². The zero-order chi connectivity index (χ0) is 18.4. The highest BCUT2D eigenvalue weighted by atomic mass is 35.5. The Bertz CT molecular complexity index is 734. The molecule has 2 aromatic rings.